The summed E-state index contributed by atoms with van der Waals surface area (Å²) in [6, 6.07) is 10.7. The first-order chi connectivity index (χ1) is 23.5. The lowest BCUT2D eigenvalue weighted by molar-refractivity contribution is -0.146. The third-order valence-electron chi connectivity index (χ3n) is 11.4. The lowest BCUT2D eigenvalue weighted by Crippen LogP contribution is -2.53. The van der Waals surface area contributed by atoms with Crippen molar-refractivity contribution in [2.24, 2.45) is 5.92 Å². The molecule has 4 atom stereocenters. The first-order valence-corrected chi connectivity index (χ1v) is 17.4. The zero-order valence-electron chi connectivity index (χ0n) is 28.5. The van der Waals surface area contributed by atoms with Crippen LogP contribution < -0.4 is 9.64 Å². The highest BCUT2D eigenvalue weighted by Crippen LogP contribution is 2.47. The topological polar surface area (TPSA) is 71.5 Å². The number of ether oxygens (including phenoxy) is 3. The van der Waals surface area contributed by atoms with Crippen molar-refractivity contribution < 1.29 is 41.4 Å². The van der Waals surface area contributed by atoms with Crippen LogP contribution in [0.4, 0.5) is 23.2 Å². The number of alkyl halides is 4. The number of anilines is 1. The van der Waals surface area contributed by atoms with Gasteiger partial charge >= 0.3 is 12.1 Å². The summed E-state index contributed by atoms with van der Waals surface area (Å²) in [4.78, 5) is 32.4. The van der Waals surface area contributed by atoms with Crippen LogP contribution in [0.3, 0.4) is 0 Å². The Morgan fingerprint density at radius 2 is 1.61 bits per heavy atom. The fourth-order valence-electron chi connectivity index (χ4n) is 8.73. The van der Waals surface area contributed by atoms with Gasteiger partial charge in [0.05, 0.1) is 38.3 Å². The first-order valence-electron chi connectivity index (χ1n) is 17.4. The molecule has 8 nitrogen and oxygen atoms in total. The average Bonchev–Trinajstić information content (AvgIpc) is 3.87. The van der Waals surface area contributed by atoms with E-state index < -0.39 is 35.3 Å². The second kappa shape index (κ2) is 14.5. The van der Waals surface area contributed by atoms with Crippen LogP contribution in [0.5, 0.6) is 5.75 Å². The highest BCUT2D eigenvalue weighted by molar-refractivity contribution is 5.88. The number of halogens is 4. The van der Waals surface area contributed by atoms with Gasteiger partial charge in [-0.15, -0.1) is 0 Å². The van der Waals surface area contributed by atoms with E-state index in [4.69, 9.17) is 14.2 Å². The highest BCUT2D eigenvalue weighted by atomic mass is 19.4. The molecule has 1 aliphatic carbocycles. The van der Waals surface area contributed by atoms with Crippen LogP contribution in [0.1, 0.15) is 73.5 Å². The van der Waals surface area contributed by atoms with E-state index in [1.54, 1.807) is 24.1 Å². The zero-order valence-corrected chi connectivity index (χ0v) is 28.5. The zero-order chi connectivity index (χ0) is 34.9. The molecule has 2 aromatic rings. The van der Waals surface area contributed by atoms with Crippen LogP contribution in [0.2, 0.25) is 0 Å². The summed E-state index contributed by atoms with van der Waals surface area (Å²) < 4.78 is 75.6. The van der Waals surface area contributed by atoms with Gasteiger partial charge in [-0.2, -0.15) is 13.2 Å². The molecule has 4 fully saturated rings. The van der Waals surface area contributed by atoms with Crippen LogP contribution >= 0.6 is 0 Å². The number of benzene rings is 2. The number of methoxy groups -OCH3 is 3. The van der Waals surface area contributed by atoms with E-state index >= 15 is 4.39 Å². The fourth-order valence-corrected chi connectivity index (χ4v) is 8.73. The minimum atomic E-state index is -4.55. The van der Waals surface area contributed by atoms with Crippen molar-refractivity contribution in [3.8, 4) is 5.75 Å². The summed E-state index contributed by atoms with van der Waals surface area (Å²) in [7, 11) is 4.43. The van der Waals surface area contributed by atoms with Crippen LogP contribution in [-0.4, -0.2) is 100 Å². The summed E-state index contributed by atoms with van der Waals surface area (Å²) in [5.41, 5.74) is -1.13. The van der Waals surface area contributed by atoms with E-state index in [1.165, 1.54) is 26.4 Å². The van der Waals surface area contributed by atoms with Gasteiger partial charge in [-0.05, 0) is 67.5 Å². The second-order valence-corrected chi connectivity index (χ2v) is 14.0. The maximum absolute atomic E-state index is 17.7. The van der Waals surface area contributed by atoms with Crippen LogP contribution in [0.25, 0.3) is 0 Å². The normalized spacial score (nSPS) is 27.2. The van der Waals surface area contributed by atoms with Crippen LogP contribution in [-0.2, 0) is 25.2 Å². The number of hydrogen-bond acceptors (Lipinski definition) is 7. The predicted molar refractivity (Wildman–Crippen MR) is 177 cm³/mol. The van der Waals surface area contributed by atoms with E-state index in [0.717, 1.165) is 37.3 Å². The third kappa shape index (κ3) is 7.00. The Balaban J connectivity index is 1.32. The molecule has 4 aliphatic rings. The van der Waals surface area contributed by atoms with E-state index in [-0.39, 0.29) is 43.5 Å². The number of carbonyl (C=O) groups is 2. The Kier molecular flexibility index (Phi) is 10.5. The summed E-state index contributed by atoms with van der Waals surface area (Å²) >= 11 is 0. The molecular formula is C37H47F4N3O5. The molecule has 3 saturated heterocycles. The van der Waals surface area contributed by atoms with Gasteiger partial charge in [0.25, 0.3) is 5.91 Å². The molecule has 1 amide bonds. The number of nitrogens with zero attached hydrogens (tertiary/aromatic N) is 3. The third-order valence-corrected chi connectivity index (χ3v) is 11.4. The Hall–Kier alpha value is -3.38. The SMILES string of the molecule is COCC1C(c2ccc(C(F)(F)F)cc2N2CCC(C(=O)OC)CC2)CCN1C(=O)[C@]1(F)CN(C2CCCC2)C[C@H]1c1ccc(OC)cc1. The standard InChI is InChI=1S/C37H47F4N3O5/c1-47-22-33-30(29-13-10-26(37(39,40)41)20-32(29)42-17-14-25(15-18-42)34(45)49-3)16-19-44(33)35(46)36(38)23-43(27-6-4-5-7-27)21-31(36)24-8-11-28(48-2)12-9-24/h8-13,20,25,27,30-31,33H,4-7,14-19,21-23H2,1-3H3/t30?,31-,33?,36-/m0/s1. The maximum Gasteiger partial charge on any atom is 0.416 e. The number of hydrogen-bond donors (Lipinski definition) is 0. The van der Waals surface area contributed by atoms with Gasteiger partial charge < -0.3 is 24.0 Å². The molecule has 2 unspecified atom stereocenters. The molecule has 49 heavy (non-hydrogen) atoms. The fraction of sp³-hybridized carbons (Fsp3) is 0.622. The van der Waals surface area contributed by atoms with E-state index in [9.17, 15) is 22.8 Å². The van der Waals surface area contributed by atoms with Crippen molar-refractivity contribution in [2.45, 2.75) is 80.7 Å². The molecule has 0 radical (unpaired) electrons. The molecule has 2 aromatic carbocycles. The monoisotopic (exact) mass is 689 g/mol. The molecule has 1 saturated carbocycles. The van der Waals surface area contributed by atoms with Gasteiger partial charge in [-0.25, -0.2) is 4.39 Å². The Morgan fingerprint density at radius 1 is 0.918 bits per heavy atom. The van der Waals surface area contributed by atoms with Crippen molar-refractivity contribution in [2.75, 3.05) is 65.6 Å². The van der Waals surface area contributed by atoms with Crippen molar-refractivity contribution in [3.05, 3.63) is 59.2 Å². The number of likely N-dealkylation sites (tertiary alicyclic amines) is 2. The molecule has 6 rings (SSSR count). The van der Waals surface area contributed by atoms with Crippen molar-refractivity contribution in [1.29, 1.82) is 0 Å². The van der Waals surface area contributed by atoms with E-state index in [2.05, 4.69) is 4.90 Å². The number of esters is 1. The lowest BCUT2D eigenvalue weighted by atomic mass is 9.84. The molecular weight excluding hydrogens is 642 g/mol. The van der Waals surface area contributed by atoms with Crippen molar-refractivity contribution in [3.63, 3.8) is 0 Å². The summed E-state index contributed by atoms with van der Waals surface area (Å²) in [6.07, 6.45) is 0.929. The second-order valence-electron chi connectivity index (χ2n) is 14.0. The Labute approximate surface area is 285 Å². The van der Waals surface area contributed by atoms with Crippen molar-refractivity contribution in [1.82, 2.24) is 9.80 Å². The highest BCUT2D eigenvalue weighted by Gasteiger charge is 2.58. The summed E-state index contributed by atoms with van der Waals surface area (Å²) in [5, 5.41) is 0. The number of piperidine rings is 1. The van der Waals surface area contributed by atoms with Gasteiger partial charge in [-0.3, -0.25) is 14.5 Å². The smallest absolute Gasteiger partial charge is 0.416 e. The first kappa shape index (κ1) is 35.4. The van der Waals surface area contributed by atoms with E-state index in [0.29, 0.717) is 55.9 Å². The minimum Gasteiger partial charge on any atom is -0.497 e. The van der Waals surface area contributed by atoms with E-state index in [1.807, 2.05) is 17.0 Å². The maximum atomic E-state index is 17.7. The minimum absolute atomic E-state index is 0.00522. The van der Waals surface area contributed by atoms with Gasteiger partial charge in [0, 0.05) is 63.4 Å². The van der Waals surface area contributed by atoms with Gasteiger partial charge in [-0.1, -0.05) is 31.0 Å². The van der Waals surface area contributed by atoms with Crippen molar-refractivity contribution >= 4 is 17.6 Å². The average molecular weight is 690 g/mol. The number of amides is 1. The quantitative estimate of drug-likeness (QED) is 0.230. The Bertz CT molecular complexity index is 1480. The summed E-state index contributed by atoms with van der Waals surface area (Å²) in [6.45, 7) is 1.55. The Morgan fingerprint density at radius 3 is 2.22 bits per heavy atom. The number of carbonyl (C=O) groups excluding carboxylic acids is 2. The molecule has 3 heterocycles. The molecule has 268 valence electrons. The molecule has 0 spiro atoms. The predicted octanol–water partition coefficient (Wildman–Crippen LogP) is 6.18. The molecule has 12 heteroatoms. The lowest BCUT2D eigenvalue weighted by Gasteiger charge is -2.37. The van der Waals surface area contributed by atoms with Crippen LogP contribution in [0, 0.1) is 5.92 Å². The molecule has 3 aliphatic heterocycles. The molecule has 0 bridgehead atoms. The van der Waals surface area contributed by atoms with Crippen LogP contribution in [0.15, 0.2) is 42.5 Å². The molecule has 0 aromatic heterocycles. The van der Waals surface area contributed by atoms with Gasteiger partial charge in [0.2, 0.25) is 5.67 Å². The van der Waals surface area contributed by atoms with Gasteiger partial charge in [0.15, 0.2) is 0 Å². The summed E-state index contributed by atoms with van der Waals surface area (Å²) in [5.74, 6) is -1.65. The largest absolute Gasteiger partial charge is 0.497 e. The molecule has 0 N–H and O–H groups in total. The van der Waals surface area contributed by atoms with Gasteiger partial charge in [0.1, 0.15) is 5.75 Å². The number of rotatable bonds is 9.